The Bertz CT molecular complexity index is 2330. The molecule has 0 saturated heterocycles. The van der Waals surface area contributed by atoms with Gasteiger partial charge in [0.2, 0.25) is 53.2 Å². The number of carbonyl (C=O) groups excluding carboxylic acids is 9. The van der Waals surface area contributed by atoms with E-state index in [9.17, 15) is 58.2 Å². The number of hydrogen-bond acceptors (Lipinski definition) is 14. The maximum atomic E-state index is 14.3. The molecule has 2 aromatic rings. The summed E-state index contributed by atoms with van der Waals surface area (Å²) in [4.78, 5) is 135. The molecule has 0 heterocycles. The summed E-state index contributed by atoms with van der Waals surface area (Å²) < 4.78 is 0. The number of rotatable bonds is 33. The van der Waals surface area contributed by atoms with Crippen molar-refractivity contribution in [3.63, 3.8) is 0 Å². The minimum Gasteiger partial charge on any atom is -0.508 e. The molecule has 0 spiro atoms. The Morgan fingerprint density at radius 3 is 1.45 bits per heavy atom. The predicted octanol–water partition coefficient (Wildman–Crippen LogP) is 1.08. The van der Waals surface area contributed by atoms with Crippen molar-refractivity contribution < 1.29 is 58.2 Å². The van der Waals surface area contributed by atoms with Crippen LogP contribution in [0.3, 0.4) is 0 Å². The van der Waals surface area contributed by atoms with Gasteiger partial charge in [0.15, 0.2) is 0 Å². The first-order valence-corrected chi connectivity index (χ1v) is 28.3. The Morgan fingerprint density at radius 2 is 0.949 bits per heavy atom. The summed E-state index contributed by atoms with van der Waals surface area (Å²) in [5.41, 5.74) is 7.30. The third-order valence-electron chi connectivity index (χ3n) is 12.8. The highest BCUT2D eigenvalue weighted by molar-refractivity contribution is 7.98. The molecule has 0 saturated carbocycles. The molecule has 0 aliphatic carbocycles. The van der Waals surface area contributed by atoms with E-state index < -0.39 is 131 Å². The fourth-order valence-electron chi connectivity index (χ4n) is 7.84. The molecule has 24 heteroatoms. The van der Waals surface area contributed by atoms with E-state index in [0.717, 1.165) is 0 Å². The minimum absolute atomic E-state index is 0.0164. The van der Waals surface area contributed by atoms with Gasteiger partial charge in [-0.1, -0.05) is 104 Å². The monoisotopic (exact) mass is 1130 g/mol. The van der Waals surface area contributed by atoms with Crippen LogP contribution >= 0.6 is 24.4 Å². The van der Waals surface area contributed by atoms with E-state index in [2.05, 4.69) is 60.5 Å². The van der Waals surface area contributed by atoms with Gasteiger partial charge < -0.3 is 63.8 Å². The third kappa shape index (κ3) is 22.9. The Balaban J connectivity index is 2.23. The molecular formula is C54H84N10O12S2. The molecule has 0 fully saturated rings. The van der Waals surface area contributed by atoms with E-state index in [1.807, 2.05) is 20.8 Å². The molecule has 0 aliphatic rings. The number of phenols is 1. The van der Waals surface area contributed by atoms with Gasteiger partial charge in [-0.15, -0.1) is 0 Å². The topological polar surface area (TPSA) is 345 Å². The van der Waals surface area contributed by atoms with Crippen LogP contribution < -0.4 is 53.6 Å². The molecule has 0 aliphatic heterocycles. The maximum absolute atomic E-state index is 14.3. The molecule has 0 radical (unpaired) electrons. The molecule has 13 N–H and O–H groups in total. The molecule has 78 heavy (non-hydrogen) atoms. The van der Waals surface area contributed by atoms with Gasteiger partial charge in [-0.3, -0.25) is 43.2 Å². The van der Waals surface area contributed by atoms with Crippen LogP contribution in [0.15, 0.2) is 54.6 Å². The summed E-state index contributed by atoms with van der Waals surface area (Å²) in [6, 6.07) is 2.62. The second-order valence-electron chi connectivity index (χ2n) is 20.6. The minimum atomic E-state index is -1.36. The number of benzene rings is 2. The van der Waals surface area contributed by atoms with E-state index in [4.69, 9.17) is 5.73 Å². The smallest absolute Gasteiger partial charge is 0.326 e. The number of carbonyl (C=O) groups is 10. The van der Waals surface area contributed by atoms with Gasteiger partial charge in [-0.05, 0) is 85.6 Å². The van der Waals surface area contributed by atoms with Crippen molar-refractivity contribution >= 4 is 83.5 Å². The van der Waals surface area contributed by atoms with Crippen LogP contribution in [0.4, 0.5) is 0 Å². The van der Waals surface area contributed by atoms with Crippen molar-refractivity contribution in [3.8, 4) is 5.75 Å². The van der Waals surface area contributed by atoms with Gasteiger partial charge in [-0.2, -0.15) is 24.4 Å². The quantitative estimate of drug-likeness (QED) is 0.0445. The highest BCUT2D eigenvalue weighted by Crippen LogP contribution is 2.15. The van der Waals surface area contributed by atoms with E-state index in [0.29, 0.717) is 29.7 Å². The van der Waals surface area contributed by atoms with Crippen molar-refractivity contribution in [3.05, 3.63) is 65.7 Å². The number of phenolic OH excluding ortho intramolecular Hbond substituents is 1. The average molecular weight is 1130 g/mol. The lowest BCUT2D eigenvalue weighted by Gasteiger charge is -2.30. The van der Waals surface area contributed by atoms with Crippen LogP contribution in [-0.2, 0) is 60.8 Å². The zero-order valence-electron chi connectivity index (χ0n) is 46.6. The van der Waals surface area contributed by atoms with Crippen LogP contribution in [-0.4, -0.2) is 148 Å². The van der Waals surface area contributed by atoms with Crippen molar-refractivity contribution in [1.29, 1.82) is 0 Å². The van der Waals surface area contributed by atoms with Gasteiger partial charge in [-0.25, -0.2) is 4.79 Å². The standard InChI is InChI=1S/C54H84N10O12S2/c1-12-31(8)44(64-47(68)37(55)24-28(2)3)53(74)61-41(27-77)50(71)59-39(25-34-16-14-13-15-17-34)49(70)62-43(30(6)7)52(73)63-42(29(4)5)51(72)57-33(10)45(66)58-38(22-23-78-11)48(69)56-32(9)46(67)60-40(54(75)76)26-35-18-20-36(65)21-19-35/h13-21,28-33,37-44,65,77H,12,22-27,55H2,1-11H3,(H,56,69)(H,57,72)(H,58,66)(H,59,71)(H,60,67)(H,61,74)(H,62,70)(H,63,73)(H,64,68)(H,75,76)/t31-,32-,33-,37-,38-,39-,40-,41-,42-,43-,44-/m0/s1. The van der Waals surface area contributed by atoms with Crippen LogP contribution in [0.5, 0.6) is 5.75 Å². The molecule has 11 atom stereocenters. The van der Waals surface area contributed by atoms with Gasteiger partial charge >= 0.3 is 5.97 Å². The number of amides is 9. The van der Waals surface area contributed by atoms with Crippen LogP contribution in [0.25, 0.3) is 0 Å². The number of nitrogens with two attached hydrogens (primary N) is 1. The van der Waals surface area contributed by atoms with Crippen molar-refractivity contribution in [2.24, 2.45) is 29.4 Å². The number of hydrogen-bond donors (Lipinski definition) is 13. The summed E-state index contributed by atoms with van der Waals surface area (Å²) in [5, 5.41) is 43.0. The van der Waals surface area contributed by atoms with Crippen LogP contribution in [0.1, 0.15) is 99.6 Å². The maximum Gasteiger partial charge on any atom is 0.326 e. The van der Waals surface area contributed by atoms with Gasteiger partial charge in [0.25, 0.3) is 0 Å². The fraction of sp³-hybridized carbons (Fsp3) is 0.593. The van der Waals surface area contributed by atoms with Crippen molar-refractivity contribution in [2.45, 2.75) is 162 Å². The Kier molecular flexibility index (Phi) is 29.3. The number of thioether (sulfide) groups is 1. The lowest BCUT2D eigenvalue weighted by Crippen LogP contribution is -2.62. The molecule has 22 nitrogen and oxygen atoms in total. The largest absolute Gasteiger partial charge is 0.508 e. The van der Waals surface area contributed by atoms with Crippen molar-refractivity contribution in [1.82, 2.24) is 47.9 Å². The van der Waals surface area contributed by atoms with Gasteiger partial charge in [0.1, 0.15) is 60.1 Å². The van der Waals surface area contributed by atoms with Gasteiger partial charge in [0, 0.05) is 18.6 Å². The highest BCUT2D eigenvalue weighted by atomic mass is 32.2. The molecule has 2 aromatic carbocycles. The normalized spacial score (nSPS) is 15.5. The summed E-state index contributed by atoms with van der Waals surface area (Å²) in [6.45, 7) is 16.9. The second kappa shape index (κ2) is 33.8. The molecule has 0 unspecified atom stereocenters. The number of nitrogens with one attached hydrogen (secondary N) is 9. The van der Waals surface area contributed by atoms with E-state index >= 15 is 0 Å². The number of aromatic hydroxyl groups is 1. The van der Waals surface area contributed by atoms with Crippen LogP contribution in [0, 0.1) is 23.7 Å². The average Bonchev–Trinajstić information content (AvgIpc) is 3.38. The lowest BCUT2D eigenvalue weighted by atomic mass is 9.96. The van der Waals surface area contributed by atoms with E-state index in [1.165, 1.54) is 49.9 Å². The van der Waals surface area contributed by atoms with E-state index in [1.54, 1.807) is 71.2 Å². The first-order valence-electron chi connectivity index (χ1n) is 26.3. The van der Waals surface area contributed by atoms with Crippen LogP contribution in [0.2, 0.25) is 0 Å². The Morgan fingerprint density at radius 1 is 0.526 bits per heavy atom. The zero-order chi connectivity index (χ0) is 59.0. The number of aliphatic carboxylic acids is 1. The Labute approximate surface area is 468 Å². The summed E-state index contributed by atoms with van der Waals surface area (Å²) >= 11 is 5.72. The first-order chi connectivity index (χ1) is 36.6. The molecule has 0 bridgehead atoms. The summed E-state index contributed by atoms with van der Waals surface area (Å²) in [5.74, 6) is -8.92. The SMILES string of the molecule is CC[C@H](C)[C@H](NC(=O)[C@@H](N)CC(C)C)C(=O)N[C@@H](CS)C(=O)N[C@@H](Cc1ccccc1)C(=O)N[C@H](C(=O)N[C@H](C(=O)N[C@@H](C)C(=O)N[C@@H](CCSC)C(=O)N[C@@H](C)C(=O)N[C@@H](Cc1ccc(O)cc1)C(=O)O)C(C)C)C(C)C. The fourth-order valence-corrected chi connectivity index (χ4v) is 8.57. The van der Waals surface area contributed by atoms with Gasteiger partial charge in [0.05, 0.1) is 6.04 Å². The summed E-state index contributed by atoms with van der Waals surface area (Å²) in [7, 11) is 0. The predicted molar refractivity (Wildman–Crippen MR) is 302 cm³/mol. The molecule has 0 aromatic heterocycles. The number of thiol groups is 1. The third-order valence-corrected chi connectivity index (χ3v) is 13.8. The summed E-state index contributed by atoms with van der Waals surface area (Å²) in [6.07, 6.45) is 2.68. The Hall–Kier alpha value is -6.40. The molecule has 434 valence electrons. The molecule has 9 amide bonds. The van der Waals surface area contributed by atoms with E-state index in [-0.39, 0.29) is 42.6 Å². The lowest BCUT2D eigenvalue weighted by molar-refractivity contribution is -0.142. The zero-order valence-corrected chi connectivity index (χ0v) is 48.3. The second-order valence-corrected chi connectivity index (χ2v) is 22.0. The highest BCUT2D eigenvalue weighted by Gasteiger charge is 2.36. The number of carboxylic acids is 1. The van der Waals surface area contributed by atoms with Crippen molar-refractivity contribution in [2.75, 3.05) is 17.8 Å². The molecular weight excluding hydrogens is 1040 g/mol. The number of carboxylic acid groups (broad SMARTS) is 1. The molecule has 2 rings (SSSR count). The first kappa shape index (κ1) is 67.7.